The number of rotatable bonds is 7. The molecule has 0 fully saturated rings. The first-order valence-corrected chi connectivity index (χ1v) is 15.8. The molecule has 1 N–H and O–H groups in total. The van der Waals surface area contributed by atoms with Gasteiger partial charge in [-0.05, 0) is 54.1 Å². The van der Waals surface area contributed by atoms with Gasteiger partial charge in [0, 0.05) is 32.7 Å². The molecule has 6 aromatic rings. The Morgan fingerprint density at radius 1 is 1.00 bits per heavy atom. The summed E-state index contributed by atoms with van der Waals surface area (Å²) < 4.78 is 85.8. The van der Waals surface area contributed by atoms with Gasteiger partial charge in [0.1, 0.15) is 28.3 Å². The summed E-state index contributed by atoms with van der Waals surface area (Å²) in [6.07, 6.45) is -2.84. The highest BCUT2D eigenvalue weighted by Crippen LogP contribution is 2.45. The predicted octanol–water partition coefficient (Wildman–Crippen LogP) is 8.77. The number of hydrogen-bond acceptors (Lipinski definition) is 6. The van der Waals surface area contributed by atoms with Gasteiger partial charge in [0.25, 0.3) is 16.4 Å². The van der Waals surface area contributed by atoms with Crippen molar-refractivity contribution in [3.8, 4) is 39.7 Å². The van der Waals surface area contributed by atoms with Gasteiger partial charge in [-0.3, -0.25) is 0 Å². The molecule has 0 atom stereocenters. The average Bonchev–Trinajstić information content (AvgIpc) is 3.64. The minimum atomic E-state index is -4.61. The Kier molecular flexibility index (Phi) is 7.89. The van der Waals surface area contributed by atoms with E-state index in [2.05, 4.69) is 4.98 Å². The number of carboxylic acid groups (broad SMARTS) is 1. The number of nitrogens with zero attached hydrogens (tertiary/aromatic N) is 3. The van der Waals surface area contributed by atoms with E-state index < -0.39 is 45.2 Å². The van der Waals surface area contributed by atoms with Crippen molar-refractivity contribution < 1.29 is 35.9 Å². The number of thiazole rings is 1. The van der Waals surface area contributed by atoms with Gasteiger partial charge in [-0.25, -0.2) is 39.7 Å². The van der Waals surface area contributed by atoms with E-state index in [1.165, 1.54) is 35.8 Å². The average molecular weight is 682 g/mol. The van der Waals surface area contributed by atoms with Gasteiger partial charge in [0.2, 0.25) is 0 Å². The van der Waals surface area contributed by atoms with E-state index in [1.807, 2.05) is 6.07 Å². The fourth-order valence-electron chi connectivity index (χ4n) is 5.15. The SMILES string of the molecule is N#Cc1scnc1-c1c(-c2cccc(-c3cc(F)c(C(=O)O)cc3Cl)c2)n(S(=O)(=O)c2ccc(C(F)F)cc2)c2ccc(F)cc12. The Morgan fingerprint density at radius 3 is 2.39 bits per heavy atom. The third-order valence-corrected chi connectivity index (χ3v) is 9.97. The molecule has 7 nitrogen and oxygen atoms in total. The highest BCUT2D eigenvalue weighted by molar-refractivity contribution is 7.90. The fourth-order valence-corrected chi connectivity index (χ4v) is 7.55. The molecular weight excluding hydrogens is 666 g/mol. The Labute approximate surface area is 267 Å². The van der Waals surface area contributed by atoms with Gasteiger partial charge in [0.15, 0.2) is 0 Å². The first-order chi connectivity index (χ1) is 21.9. The third kappa shape index (κ3) is 5.20. The number of aromatic carboxylic acids is 1. The van der Waals surface area contributed by atoms with E-state index in [1.54, 1.807) is 0 Å². The second kappa shape index (κ2) is 11.7. The van der Waals surface area contributed by atoms with E-state index >= 15 is 0 Å². The Hall–Kier alpha value is -5.03. The van der Waals surface area contributed by atoms with Gasteiger partial charge in [-0.15, -0.1) is 11.3 Å². The second-order valence-corrected chi connectivity index (χ2v) is 12.9. The summed E-state index contributed by atoms with van der Waals surface area (Å²) in [5, 5.41) is 19.1. The van der Waals surface area contributed by atoms with Gasteiger partial charge in [-0.1, -0.05) is 41.9 Å². The van der Waals surface area contributed by atoms with Crippen LogP contribution in [-0.2, 0) is 10.0 Å². The van der Waals surface area contributed by atoms with Crippen LogP contribution in [0, 0.1) is 23.0 Å². The summed E-state index contributed by atoms with van der Waals surface area (Å²) in [7, 11) is -4.61. The van der Waals surface area contributed by atoms with Crippen molar-refractivity contribution in [2.24, 2.45) is 0 Å². The number of benzene rings is 4. The smallest absolute Gasteiger partial charge is 0.338 e. The molecule has 0 radical (unpaired) electrons. The number of aromatic nitrogens is 2. The van der Waals surface area contributed by atoms with Crippen molar-refractivity contribution in [2.75, 3.05) is 0 Å². The topological polar surface area (TPSA) is 113 Å². The lowest BCUT2D eigenvalue weighted by Crippen LogP contribution is -2.14. The van der Waals surface area contributed by atoms with E-state index in [9.17, 15) is 41.1 Å². The van der Waals surface area contributed by atoms with Crippen molar-refractivity contribution in [1.82, 2.24) is 8.96 Å². The van der Waals surface area contributed by atoms with Crippen LogP contribution >= 0.6 is 22.9 Å². The number of carbonyl (C=O) groups is 1. The molecule has 0 unspecified atom stereocenters. The quantitative estimate of drug-likeness (QED) is 0.169. The van der Waals surface area contributed by atoms with Gasteiger partial charge < -0.3 is 5.11 Å². The second-order valence-electron chi connectivity index (χ2n) is 9.86. The lowest BCUT2D eigenvalue weighted by atomic mass is 9.97. The van der Waals surface area contributed by atoms with E-state index in [0.29, 0.717) is 0 Å². The molecule has 0 amide bonds. The zero-order chi connectivity index (χ0) is 32.9. The number of alkyl halides is 2. The summed E-state index contributed by atoms with van der Waals surface area (Å²) in [5.74, 6) is -3.29. The molecular formula is C32H16ClF4N3O4S2. The number of carboxylic acids is 1. The predicted molar refractivity (Wildman–Crippen MR) is 165 cm³/mol. The molecule has 2 aromatic heterocycles. The molecule has 0 bridgehead atoms. The number of halogens is 5. The van der Waals surface area contributed by atoms with Gasteiger partial charge in [0.05, 0.1) is 27.2 Å². The first kappa shape index (κ1) is 31.0. The van der Waals surface area contributed by atoms with Crippen molar-refractivity contribution in [2.45, 2.75) is 11.3 Å². The normalized spacial score (nSPS) is 11.7. The van der Waals surface area contributed by atoms with Crippen LogP contribution in [0.2, 0.25) is 5.02 Å². The molecule has 0 saturated heterocycles. The third-order valence-electron chi connectivity index (χ3n) is 7.20. The Bertz CT molecular complexity index is 2350. The van der Waals surface area contributed by atoms with Crippen LogP contribution in [0.3, 0.4) is 0 Å². The molecule has 0 aliphatic rings. The van der Waals surface area contributed by atoms with Crippen LogP contribution in [0.25, 0.3) is 44.5 Å². The standard InChI is InChI=1S/C32H16ClF4N3O4S2/c33-24-12-22(32(41)42)25(35)13-21(24)17-2-1-3-18(10-17)30-28(29-27(14-38)45-15-39-29)23-11-19(34)6-9-26(23)40(30)46(43,44)20-7-4-16(5-8-20)31(36)37/h1-13,15,31H,(H,41,42). The molecule has 2 heterocycles. The highest BCUT2D eigenvalue weighted by Gasteiger charge is 2.31. The van der Waals surface area contributed by atoms with E-state index in [-0.39, 0.29) is 59.3 Å². The zero-order valence-electron chi connectivity index (χ0n) is 22.9. The number of nitriles is 1. The van der Waals surface area contributed by atoms with Crippen molar-refractivity contribution in [3.63, 3.8) is 0 Å². The van der Waals surface area contributed by atoms with Crippen molar-refractivity contribution in [1.29, 1.82) is 5.26 Å². The molecule has 230 valence electrons. The van der Waals surface area contributed by atoms with Crippen LogP contribution in [0.1, 0.15) is 27.2 Å². The molecule has 0 aliphatic carbocycles. The summed E-state index contributed by atoms with van der Waals surface area (Å²) in [5.41, 5.74) is 0.993. The van der Waals surface area contributed by atoms with Crippen LogP contribution in [0.15, 0.2) is 89.3 Å². The highest BCUT2D eigenvalue weighted by atomic mass is 35.5. The molecule has 46 heavy (non-hydrogen) atoms. The Balaban J connectivity index is 1.71. The Morgan fingerprint density at radius 2 is 1.72 bits per heavy atom. The monoisotopic (exact) mass is 681 g/mol. The summed E-state index contributed by atoms with van der Waals surface area (Å²) in [6, 6.07) is 17.4. The van der Waals surface area contributed by atoms with Gasteiger partial charge in [-0.2, -0.15) is 5.26 Å². The minimum Gasteiger partial charge on any atom is -0.478 e. The number of fused-ring (bicyclic) bond motifs is 1. The molecule has 0 spiro atoms. The first-order valence-electron chi connectivity index (χ1n) is 13.1. The zero-order valence-corrected chi connectivity index (χ0v) is 25.3. The minimum absolute atomic E-state index is 0.00140. The van der Waals surface area contributed by atoms with Crippen LogP contribution in [0.5, 0.6) is 0 Å². The van der Waals surface area contributed by atoms with Gasteiger partial charge >= 0.3 is 5.97 Å². The summed E-state index contributed by atoms with van der Waals surface area (Å²) >= 11 is 7.34. The molecule has 14 heteroatoms. The van der Waals surface area contributed by atoms with Crippen molar-refractivity contribution in [3.05, 3.63) is 117 Å². The van der Waals surface area contributed by atoms with Crippen LogP contribution < -0.4 is 0 Å². The van der Waals surface area contributed by atoms with Crippen LogP contribution in [-0.4, -0.2) is 28.5 Å². The molecule has 4 aromatic carbocycles. The fraction of sp³-hybridized carbons (Fsp3) is 0.0312. The molecule has 0 aliphatic heterocycles. The maximum Gasteiger partial charge on any atom is 0.338 e. The molecule has 6 rings (SSSR count). The maximum atomic E-state index is 14.8. The van der Waals surface area contributed by atoms with Crippen LogP contribution in [0.4, 0.5) is 17.6 Å². The lowest BCUT2D eigenvalue weighted by molar-refractivity contribution is 0.0692. The number of hydrogen-bond donors (Lipinski definition) is 1. The largest absolute Gasteiger partial charge is 0.478 e. The maximum absolute atomic E-state index is 14.8. The summed E-state index contributed by atoms with van der Waals surface area (Å²) in [6.45, 7) is 0. The molecule has 0 saturated carbocycles. The van der Waals surface area contributed by atoms with Crippen molar-refractivity contribution >= 4 is 49.8 Å². The summed E-state index contributed by atoms with van der Waals surface area (Å²) in [4.78, 5) is 15.5. The van der Waals surface area contributed by atoms with E-state index in [0.717, 1.165) is 63.8 Å². The van der Waals surface area contributed by atoms with E-state index in [4.69, 9.17) is 11.6 Å². The lowest BCUT2D eigenvalue weighted by Gasteiger charge is -2.15.